The Morgan fingerprint density at radius 3 is 2.79 bits per heavy atom. The van der Waals surface area contributed by atoms with Gasteiger partial charge < -0.3 is 29.0 Å². The molecule has 3 saturated heterocycles. The third-order valence-corrected chi connectivity index (χ3v) is 11.2. The Labute approximate surface area is 282 Å². The van der Waals surface area contributed by atoms with Crippen LogP contribution in [0.3, 0.4) is 0 Å². The number of aromatic nitrogens is 5. The first kappa shape index (κ1) is 31.9. The zero-order valence-electron chi connectivity index (χ0n) is 27.5. The van der Waals surface area contributed by atoms with Gasteiger partial charge in [0.05, 0.1) is 64.4 Å². The van der Waals surface area contributed by atoms with Crippen LogP contribution in [0.5, 0.6) is 11.9 Å². The average molecular weight is 682 g/mol. The summed E-state index contributed by atoms with van der Waals surface area (Å²) < 4.78 is 40.8. The van der Waals surface area contributed by atoms with E-state index < -0.39 is 11.4 Å². The molecule has 2 N–H and O–H groups in total. The number of aromatic amines is 1. The smallest absolute Gasteiger partial charge is 0.319 e. The molecule has 6 heterocycles. The van der Waals surface area contributed by atoms with Crippen molar-refractivity contribution in [1.29, 1.82) is 0 Å². The minimum atomic E-state index is -1.18. The van der Waals surface area contributed by atoms with Crippen LogP contribution in [0.1, 0.15) is 44.6 Å². The van der Waals surface area contributed by atoms with E-state index in [-0.39, 0.29) is 47.1 Å². The number of ether oxygens (including phenoxy) is 4. The van der Waals surface area contributed by atoms with Crippen LogP contribution in [0.15, 0.2) is 12.3 Å². The number of nitrogens with zero attached hydrogens (tertiary/aromatic N) is 6. The number of likely N-dealkylation sites (tertiary alicyclic amines) is 1. The zero-order chi connectivity index (χ0) is 33.2. The van der Waals surface area contributed by atoms with E-state index in [1.165, 1.54) is 7.11 Å². The molecule has 4 aliphatic rings. The number of nitrogens with one attached hydrogen (secondary N) is 1. The van der Waals surface area contributed by atoms with Gasteiger partial charge in [0.25, 0.3) is 0 Å². The number of halogens is 2. The second-order valence-electron chi connectivity index (χ2n) is 14.1. The molecule has 4 fully saturated rings. The van der Waals surface area contributed by atoms with Gasteiger partial charge in [0, 0.05) is 34.0 Å². The summed E-state index contributed by atoms with van der Waals surface area (Å²) in [6, 6.07) is 2.69. The van der Waals surface area contributed by atoms with Crippen LogP contribution in [0.4, 0.5) is 10.2 Å². The highest BCUT2D eigenvalue weighted by Gasteiger charge is 2.51. The highest BCUT2D eigenvalue weighted by molar-refractivity contribution is 6.33. The maximum atomic E-state index is 17.1. The lowest BCUT2D eigenvalue weighted by Gasteiger charge is -2.51. The fraction of sp³-hybridized carbons (Fsp3) is 0.588. The molecule has 1 saturated carbocycles. The molecule has 256 valence electrons. The van der Waals surface area contributed by atoms with Crippen molar-refractivity contribution in [2.45, 2.75) is 63.6 Å². The van der Waals surface area contributed by atoms with E-state index in [2.05, 4.69) is 15.1 Å². The van der Waals surface area contributed by atoms with Crippen LogP contribution >= 0.6 is 11.6 Å². The van der Waals surface area contributed by atoms with Gasteiger partial charge in [-0.3, -0.25) is 10.00 Å². The van der Waals surface area contributed by atoms with Crippen molar-refractivity contribution < 1.29 is 28.4 Å². The molecule has 1 aromatic carbocycles. The summed E-state index contributed by atoms with van der Waals surface area (Å²) in [5, 5.41) is 19.6. The van der Waals surface area contributed by atoms with Gasteiger partial charge in [0.2, 0.25) is 5.88 Å². The fourth-order valence-corrected chi connectivity index (χ4v) is 8.56. The molecule has 12 nitrogen and oxygen atoms in total. The first-order valence-corrected chi connectivity index (χ1v) is 17.1. The number of aliphatic hydroxyl groups is 1. The van der Waals surface area contributed by atoms with Crippen LogP contribution in [0.2, 0.25) is 5.02 Å². The van der Waals surface area contributed by atoms with Gasteiger partial charge in [-0.1, -0.05) is 18.0 Å². The molecule has 48 heavy (non-hydrogen) atoms. The Balaban J connectivity index is 1.27. The number of methoxy groups -OCH3 is 1. The molecule has 1 aliphatic carbocycles. The summed E-state index contributed by atoms with van der Waals surface area (Å²) in [6.07, 6.45) is 7.08. The standard InChI is InChI=1S/C34H41ClFN7O5/c1-19-22(35)12-23-21(13-37-41-23)25(19)28-27(36)29-26(31(38-28)45-3)30(42-10-11-46-17-33(2,44)16-42)40-32(39-29)48-18-34-7-4-6-24(34)43(9-5-8-34)20-14-47-15-20/h12-13,20,24,44H,4-11,14-18H2,1-3H3,(H,37,41). The molecular weight excluding hydrogens is 641 g/mol. The number of rotatable bonds is 7. The predicted molar refractivity (Wildman–Crippen MR) is 178 cm³/mol. The van der Waals surface area contributed by atoms with Gasteiger partial charge in [0.15, 0.2) is 5.82 Å². The van der Waals surface area contributed by atoms with Crippen molar-refractivity contribution in [3.8, 4) is 23.1 Å². The Morgan fingerprint density at radius 1 is 1.17 bits per heavy atom. The van der Waals surface area contributed by atoms with Crippen molar-refractivity contribution in [3.05, 3.63) is 28.7 Å². The van der Waals surface area contributed by atoms with E-state index in [1.54, 1.807) is 19.2 Å². The normalized spacial score (nSPS) is 26.9. The van der Waals surface area contributed by atoms with Crippen molar-refractivity contribution in [1.82, 2.24) is 30.0 Å². The van der Waals surface area contributed by atoms with Crippen LogP contribution in [-0.2, 0) is 9.47 Å². The quantitative estimate of drug-likeness (QED) is 0.282. The molecular formula is C34H41ClFN7O5. The van der Waals surface area contributed by atoms with Gasteiger partial charge in [-0.05, 0) is 57.7 Å². The molecule has 3 aliphatic heterocycles. The van der Waals surface area contributed by atoms with Crippen molar-refractivity contribution in [2.24, 2.45) is 5.41 Å². The number of fused-ring (bicyclic) bond motifs is 3. The van der Waals surface area contributed by atoms with Gasteiger partial charge in [-0.25, -0.2) is 9.37 Å². The number of H-pyrrole nitrogens is 1. The summed E-state index contributed by atoms with van der Waals surface area (Å²) in [5.41, 5.74) is 0.619. The molecule has 0 spiro atoms. The molecule has 3 aromatic heterocycles. The summed E-state index contributed by atoms with van der Waals surface area (Å²) in [7, 11) is 1.49. The van der Waals surface area contributed by atoms with E-state index in [4.69, 9.17) is 45.5 Å². The number of hydrogen-bond acceptors (Lipinski definition) is 11. The lowest BCUT2D eigenvalue weighted by atomic mass is 9.75. The summed E-state index contributed by atoms with van der Waals surface area (Å²) in [6.45, 7) is 7.69. The Hall–Kier alpha value is -3.36. The van der Waals surface area contributed by atoms with Gasteiger partial charge in [-0.2, -0.15) is 15.1 Å². The highest BCUT2D eigenvalue weighted by atomic mass is 35.5. The molecule has 14 heteroatoms. The van der Waals surface area contributed by atoms with Crippen molar-refractivity contribution >= 4 is 39.2 Å². The van der Waals surface area contributed by atoms with E-state index in [9.17, 15) is 5.11 Å². The lowest BCUT2D eigenvalue weighted by Crippen LogP contribution is -2.60. The molecule has 3 unspecified atom stereocenters. The number of hydrogen-bond donors (Lipinski definition) is 2. The van der Waals surface area contributed by atoms with E-state index in [0.29, 0.717) is 64.7 Å². The summed E-state index contributed by atoms with van der Waals surface area (Å²) in [5.74, 6) is -0.149. The van der Waals surface area contributed by atoms with Crippen molar-refractivity contribution in [3.63, 3.8) is 0 Å². The van der Waals surface area contributed by atoms with Crippen LogP contribution in [0.25, 0.3) is 33.1 Å². The van der Waals surface area contributed by atoms with Crippen LogP contribution in [-0.4, -0.2) is 113 Å². The maximum absolute atomic E-state index is 17.1. The first-order chi connectivity index (χ1) is 23.2. The largest absolute Gasteiger partial charge is 0.480 e. The topological polar surface area (TPSA) is 131 Å². The average Bonchev–Trinajstić information content (AvgIpc) is 3.65. The minimum absolute atomic E-state index is 0.00929. The summed E-state index contributed by atoms with van der Waals surface area (Å²) >= 11 is 6.61. The number of β-amino-alcohol motifs (C(OH)–C–C–N with tert-alkyl or cyclic N) is 1. The lowest BCUT2D eigenvalue weighted by molar-refractivity contribution is -0.115. The molecule has 8 rings (SSSR count). The molecule has 4 aromatic rings. The van der Waals surface area contributed by atoms with Crippen molar-refractivity contribution in [2.75, 3.05) is 64.7 Å². The number of anilines is 1. The highest BCUT2D eigenvalue weighted by Crippen LogP contribution is 2.49. The third kappa shape index (κ3) is 5.34. The Bertz CT molecular complexity index is 1870. The molecule has 0 amide bonds. The Kier molecular flexibility index (Phi) is 8.10. The third-order valence-electron chi connectivity index (χ3n) is 10.8. The SMILES string of the molecule is COc1nc(-c2c(C)c(Cl)cc3[nH]ncc23)c(F)c2nc(OCC34CCCC3N(C3COC3)CCC4)nc(N3CCOCC(C)(O)C3)c12. The summed E-state index contributed by atoms with van der Waals surface area (Å²) in [4.78, 5) is 18.9. The molecule has 0 bridgehead atoms. The van der Waals surface area contributed by atoms with E-state index in [0.717, 1.165) is 51.9 Å². The predicted octanol–water partition coefficient (Wildman–Crippen LogP) is 4.68. The minimum Gasteiger partial charge on any atom is -0.480 e. The maximum Gasteiger partial charge on any atom is 0.319 e. The second kappa shape index (κ2) is 12.2. The number of piperidine rings is 1. The first-order valence-electron chi connectivity index (χ1n) is 16.8. The molecule has 0 radical (unpaired) electrons. The Morgan fingerprint density at radius 2 is 2.00 bits per heavy atom. The van der Waals surface area contributed by atoms with E-state index in [1.807, 2.05) is 11.8 Å². The number of pyridine rings is 1. The van der Waals surface area contributed by atoms with E-state index >= 15 is 4.39 Å². The van der Waals surface area contributed by atoms with Crippen LogP contribution in [0, 0.1) is 18.2 Å². The van der Waals surface area contributed by atoms with Gasteiger partial charge in [-0.15, -0.1) is 0 Å². The monoisotopic (exact) mass is 681 g/mol. The zero-order valence-corrected chi connectivity index (χ0v) is 28.3. The van der Waals surface area contributed by atoms with Crippen LogP contribution < -0.4 is 14.4 Å². The van der Waals surface area contributed by atoms with Gasteiger partial charge >= 0.3 is 6.01 Å². The number of benzene rings is 1. The van der Waals surface area contributed by atoms with Gasteiger partial charge in [0.1, 0.15) is 28.0 Å². The molecule has 3 atom stereocenters. The second-order valence-corrected chi connectivity index (χ2v) is 14.5. The fourth-order valence-electron chi connectivity index (χ4n) is 8.36.